The zero-order valence-electron chi connectivity index (χ0n) is 8.39. The molecule has 0 atom stereocenters. The Hall–Kier alpha value is -1.70. The van der Waals surface area contributed by atoms with Crippen molar-refractivity contribution in [2.75, 3.05) is 14.2 Å². The third-order valence-corrected chi connectivity index (χ3v) is 2.27. The number of halogens is 1. The Kier molecular flexibility index (Phi) is 3.78. The van der Waals surface area contributed by atoms with E-state index in [1.165, 1.54) is 14.2 Å². The van der Waals surface area contributed by atoms with Crippen LogP contribution < -0.4 is 4.74 Å². The molecule has 86 valence electrons. The van der Waals surface area contributed by atoms with Crippen LogP contribution in [0.15, 0.2) is 10.7 Å². The molecule has 0 aliphatic rings. The van der Waals surface area contributed by atoms with Crippen molar-refractivity contribution in [2.24, 2.45) is 0 Å². The van der Waals surface area contributed by atoms with E-state index >= 15 is 0 Å². The molecule has 0 spiro atoms. The van der Waals surface area contributed by atoms with E-state index in [0.29, 0.717) is 0 Å². The smallest absolute Gasteiger partial charge is 0.356 e. The lowest BCUT2D eigenvalue weighted by molar-refractivity contribution is -0.387. The second-order valence-electron chi connectivity index (χ2n) is 2.60. The van der Waals surface area contributed by atoms with Gasteiger partial charge in [0.2, 0.25) is 5.75 Å². The number of rotatable bonds is 3. The summed E-state index contributed by atoms with van der Waals surface area (Å²) < 4.78 is 9.16. The van der Waals surface area contributed by atoms with Crippen LogP contribution in [0.4, 0.5) is 5.69 Å². The fourth-order valence-corrected chi connectivity index (χ4v) is 1.55. The predicted molar refractivity (Wildman–Crippen MR) is 56.5 cm³/mol. The second kappa shape index (κ2) is 4.88. The van der Waals surface area contributed by atoms with Crippen LogP contribution in [0.25, 0.3) is 0 Å². The summed E-state index contributed by atoms with van der Waals surface area (Å²) in [5, 5.41) is 10.7. The molecular formula is C8H7BrN2O5. The lowest BCUT2D eigenvalue weighted by Gasteiger charge is -2.05. The lowest BCUT2D eigenvalue weighted by Crippen LogP contribution is -2.07. The third kappa shape index (κ3) is 2.27. The first-order chi connectivity index (χ1) is 7.51. The van der Waals surface area contributed by atoms with Gasteiger partial charge in [0.1, 0.15) is 0 Å². The van der Waals surface area contributed by atoms with Gasteiger partial charge in [-0.1, -0.05) is 0 Å². The summed E-state index contributed by atoms with van der Waals surface area (Å²) in [6.45, 7) is 0. The molecule has 0 aliphatic heterocycles. The Bertz CT molecular complexity index is 448. The Labute approximate surface area is 98.7 Å². The van der Waals surface area contributed by atoms with E-state index in [9.17, 15) is 14.9 Å². The molecule has 0 aliphatic carbocycles. The SMILES string of the molecule is COC(=O)c1cc(OC)c([N+](=O)[O-])c(Br)n1. The molecule has 1 aromatic heterocycles. The minimum Gasteiger partial charge on any atom is -0.490 e. The van der Waals surface area contributed by atoms with Crippen LogP contribution in [-0.2, 0) is 4.74 Å². The predicted octanol–water partition coefficient (Wildman–Crippen LogP) is 1.55. The van der Waals surface area contributed by atoms with Gasteiger partial charge in [-0.3, -0.25) is 10.1 Å². The molecule has 0 saturated carbocycles. The summed E-state index contributed by atoms with van der Waals surface area (Å²) >= 11 is 2.90. The van der Waals surface area contributed by atoms with Crippen molar-refractivity contribution >= 4 is 27.6 Å². The maximum absolute atomic E-state index is 11.2. The van der Waals surface area contributed by atoms with Crippen LogP contribution in [-0.4, -0.2) is 30.1 Å². The fourth-order valence-electron chi connectivity index (χ4n) is 1.02. The van der Waals surface area contributed by atoms with Crippen LogP contribution in [0.3, 0.4) is 0 Å². The molecule has 1 heterocycles. The number of hydrogen-bond donors (Lipinski definition) is 0. The molecule has 0 aromatic carbocycles. The minimum absolute atomic E-state index is 0.0627. The highest BCUT2D eigenvalue weighted by Crippen LogP contribution is 2.33. The Morgan fingerprint density at radius 3 is 2.62 bits per heavy atom. The van der Waals surface area contributed by atoms with Crippen molar-refractivity contribution in [1.29, 1.82) is 0 Å². The molecule has 0 bridgehead atoms. The van der Waals surface area contributed by atoms with Gasteiger partial charge in [-0.15, -0.1) is 0 Å². The van der Waals surface area contributed by atoms with Crippen LogP contribution in [0.1, 0.15) is 10.5 Å². The maximum atomic E-state index is 11.2. The number of carbonyl (C=O) groups excluding carboxylic acids is 1. The van der Waals surface area contributed by atoms with Gasteiger partial charge in [-0.2, -0.15) is 0 Å². The molecule has 7 nitrogen and oxygen atoms in total. The van der Waals surface area contributed by atoms with Gasteiger partial charge in [-0.05, 0) is 15.9 Å². The van der Waals surface area contributed by atoms with Gasteiger partial charge in [0.05, 0.1) is 19.1 Å². The molecule has 0 radical (unpaired) electrons. The Morgan fingerprint density at radius 2 is 2.19 bits per heavy atom. The van der Waals surface area contributed by atoms with Crippen molar-refractivity contribution in [2.45, 2.75) is 0 Å². The Balaban J connectivity index is 3.37. The van der Waals surface area contributed by atoms with Crippen molar-refractivity contribution in [1.82, 2.24) is 4.98 Å². The highest BCUT2D eigenvalue weighted by atomic mass is 79.9. The molecule has 0 fully saturated rings. The highest BCUT2D eigenvalue weighted by molar-refractivity contribution is 9.10. The van der Waals surface area contributed by atoms with Gasteiger partial charge < -0.3 is 9.47 Å². The summed E-state index contributed by atoms with van der Waals surface area (Å²) in [5.74, 6) is -0.763. The number of esters is 1. The van der Waals surface area contributed by atoms with Crippen molar-refractivity contribution < 1.29 is 19.2 Å². The lowest BCUT2D eigenvalue weighted by atomic mass is 10.3. The first-order valence-electron chi connectivity index (χ1n) is 3.98. The summed E-state index contributed by atoms with van der Waals surface area (Å²) in [4.78, 5) is 24.9. The first kappa shape index (κ1) is 12.4. The van der Waals surface area contributed by atoms with Gasteiger partial charge in [0.25, 0.3) is 0 Å². The van der Waals surface area contributed by atoms with Crippen LogP contribution in [0, 0.1) is 10.1 Å². The van der Waals surface area contributed by atoms with Gasteiger partial charge >= 0.3 is 11.7 Å². The Morgan fingerprint density at radius 1 is 1.56 bits per heavy atom. The number of pyridine rings is 1. The maximum Gasteiger partial charge on any atom is 0.356 e. The fraction of sp³-hybridized carbons (Fsp3) is 0.250. The number of nitrogens with zero attached hydrogens (tertiary/aromatic N) is 2. The molecule has 16 heavy (non-hydrogen) atoms. The number of methoxy groups -OCH3 is 2. The topological polar surface area (TPSA) is 91.6 Å². The molecule has 0 unspecified atom stereocenters. The summed E-state index contributed by atoms with van der Waals surface area (Å²) in [6, 6.07) is 1.15. The number of nitro groups is 1. The van der Waals surface area contributed by atoms with Crippen molar-refractivity contribution in [3.8, 4) is 5.75 Å². The molecule has 0 saturated heterocycles. The number of ether oxygens (including phenoxy) is 2. The average molecular weight is 291 g/mol. The molecule has 1 aromatic rings. The van der Waals surface area contributed by atoms with Gasteiger partial charge in [0.15, 0.2) is 10.3 Å². The largest absolute Gasteiger partial charge is 0.490 e. The minimum atomic E-state index is -0.700. The molecule has 0 N–H and O–H groups in total. The van der Waals surface area contributed by atoms with Crippen LogP contribution in [0.5, 0.6) is 5.75 Å². The normalized spacial score (nSPS) is 9.69. The summed E-state index contributed by atoms with van der Waals surface area (Å²) in [7, 11) is 2.45. The quantitative estimate of drug-likeness (QED) is 0.363. The van der Waals surface area contributed by atoms with E-state index in [1.54, 1.807) is 0 Å². The van der Waals surface area contributed by atoms with Gasteiger partial charge in [-0.25, -0.2) is 9.78 Å². The zero-order valence-corrected chi connectivity index (χ0v) is 9.98. The van der Waals surface area contributed by atoms with E-state index in [-0.39, 0.29) is 21.7 Å². The summed E-state index contributed by atoms with van der Waals surface area (Å²) in [6.07, 6.45) is 0. The van der Waals surface area contributed by atoms with Crippen molar-refractivity contribution in [3.05, 3.63) is 26.5 Å². The van der Waals surface area contributed by atoms with Crippen LogP contribution in [0.2, 0.25) is 0 Å². The molecule has 1 rings (SSSR count). The number of hydrogen-bond acceptors (Lipinski definition) is 6. The molecule has 0 amide bonds. The zero-order chi connectivity index (χ0) is 12.3. The highest BCUT2D eigenvalue weighted by Gasteiger charge is 2.24. The molecule has 8 heteroatoms. The van der Waals surface area contributed by atoms with Crippen LogP contribution >= 0.6 is 15.9 Å². The monoisotopic (exact) mass is 290 g/mol. The second-order valence-corrected chi connectivity index (χ2v) is 3.35. The van der Waals surface area contributed by atoms with E-state index in [4.69, 9.17) is 4.74 Å². The standard InChI is InChI=1S/C8H7BrN2O5/c1-15-5-3-4(8(12)16-2)10-7(9)6(5)11(13)14/h3H,1-2H3. The number of carbonyl (C=O) groups is 1. The number of aromatic nitrogens is 1. The third-order valence-electron chi connectivity index (χ3n) is 1.71. The first-order valence-corrected chi connectivity index (χ1v) is 4.77. The van der Waals surface area contributed by atoms with Crippen molar-refractivity contribution in [3.63, 3.8) is 0 Å². The van der Waals surface area contributed by atoms with E-state index < -0.39 is 10.9 Å². The molecular weight excluding hydrogens is 284 g/mol. The van der Waals surface area contributed by atoms with Gasteiger partial charge in [0, 0.05) is 6.07 Å². The van der Waals surface area contributed by atoms with E-state index in [1.807, 2.05) is 0 Å². The van der Waals surface area contributed by atoms with E-state index in [0.717, 1.165) is 6.07 Å². The summed E-state index contributed by atoms with van der Waals surface area (Å²) in [5.41, 5.74) is -0.410. The van der Waals surface area contributed by atoms with E-state index in [2.05, 4.69) is 25.7 Å². The average Bonchev–Trinajstić information content (AvgIpc) is 2.26.